The van der Waals surface area contributed by atoms with E-state index in [1.54, 1.807) is 18.2 Å². The average molecular weight is 319 g/mol. The summed E-state index contributed by atoms with van der Waals surface area (Å²) in [7, 11) is 0. The summed E-state index contributed by atoms with van der Waals surface area (Å²) < 4.78 is 5.47. The van der Waals surface area contributed by atoms with Crippen LogP contribution in [0, 0.1) is 5.92 Å². The number of carboxylic acid groups (broad SMARTS) is 1. The Labute approximate surface area is 137 Å². The fraction of sp³-hybridized carbons (Fsp3) is 0.556. The SMILES string of the molecule is CCOCC1CCCN(C(=O)CCc2ccccc2C(=O)O)C1. The van der Waals surface area contributed by atoms with Crippen molar-refractivity contribution in [2.75, 3.05) is 26.3 Å². The first-order valence-corrected chi connectivity index (χ1v) is 8.28. The number of aryl methyl sites for hydroxylation is 1. The van der Waals surface area contributed by atoms with Crippen LogP contribution in [0.5, 0.6) is 0 Å². The van der Waals surface area contributed by atoms with Crippen LogP contribution in [-0.2, 0) is 16.0 Å². The van der Waals surface area contributed by atoms with Crippen molar-refractivity contribution < 1.29 is 19.4 Å². The fourth-order valence-electron chi connectivity index (χ4n) is 3.06. The molecule has 0 aromatic heterocycles. The molecule has 0 radical (unpaired) electrons. The number of likely N-dealkylation sites (tertiary alicyclic amines) is 1. The highest BCUT2D eigenvalue weighted by Gasteiger charge is 2.23. The Hall–Kier alpha value is -1.88. The molecule has 126 valence electrons. The van der Waals surface area contributed by atoms with Crippen molar-refractivity contribution in [3.63, 3.8) is 0 Å². The number of rotatable bonds is 7. The summed E-state index contributed by atoms with van der Waals surface area (Å²) in [5.41, 5.74) is 1.00. The first kappa shape index (κ1) is 17.5. The number of carbonyl (C=O) groups is 2. The summed E-state index contributed by atoms with van der Waals surface area (Å²) in [6.45, 7) is 4.94. The van der Waals surface area contributed by atoms with Crippen molar-refractivity contribution in [3.8, 4) is 0 Å². The number of benzene rings is 1. The van der Waals surface area contributed by atoms with Gasteiger partial charge in [-0.25, -0.2) is 4.79 Å². The highest BCUT2D eigenvalue weighted by Crippen LogP contribution is 2.19. The van der Waals surface area contributed by atoms with Gasteiger partial charge in [0, 0.05) is 26.1 Å². The second-order valence-corrected chi connectivity index (χ2v) is 5.97. The molecule has 1 aliphatic rings. The van der Waals surface area contributed by atoms with Crippen LogP contribution in [0.3, 0.4) is 0 Å². The van der Waals surface area contributed by atoms with Gasteiger partial charge in [-0.3, -0.25) is 4.79 Å². The summed E-state index contributed by atoms with van der Waals surface area (Å²) in [5, 5.41) is 9.19. The van der Waals surface area contributed by atoms with Crippen LogP contribution in [0.2, 0.25) is 0 Å². The lowest BCUT2D eigenvalue weighted by molar-refractivity contribution is -0.133. The predicted molar refractivity (Wildman–Crippen MR) is 87.5 cm³/mol. The first-order valence-electron chi connectivity index (χ1n) is 8.28. The largest absolute Gasteiger partial charge is 0.478 e. The number of carbonyl (C=O) groups excluding carboxylic acids is 1. The van der Waals surface area contributed by atoms with E-state index in [0.717, 1.165) is 31.5 Å². The highest BCUT2D eigenvalue weighted by molar-refractivity contribution is 5.89. The maximum Gasteiger partial charge on any atom is 0.335 e. The molecular formula is C18H25NO4. The molecule has 1 heterocycles. The zero-order valence-electron chi connectivity index (χ0n) is 13.7. The molecule has 0 bridgehead atoms. The molecule has 5 heteroatoms. The summed E-state index contributed by atoms with van der Waals surface area (Å²) in [6.07, 6.45) is 2.93. The number of hydrogen-bond donors (Lipinski definition) is 1. The van der Waals surface area contributed by atoms with Crippen LogP contribution in [-0.4, -0.2) is 48.2 Å². The van der Waals surface area contributed by atoms with Gasteiger partial charge >= 0.3 is 5.97 Å². The molecule has 5 nitrogen and oxygen atoms in total. The van der Waals surface area contributed by atoms with Crippen molar-refractivity contribution >= 4 is 11.9 Å². The number of nitrogens with zero attached hydrogens (tertiary/aromatic N) is 1. The standard InChI is InChI=1S/C18H25NO4/c1-2-23-13-14-6-5-11-19(12-14)17(20)10-9-15-7-3-4-8-16(15)18(21)22/h3-4,7-8,14H,2,5-6,9-13H2,1H3,(H,21,22). The number of aromatic carboxylic acids is 1. The number of piperidine rings is 1. The Balaban J connectivity index is 1.88. The molecular weight excluding hydrogens is 294 g/mol. The van der Waals surface area contributed by atoms with Gasteiger partial charge in [0.25, 0.3) is 0 Å². The lowest BCUT2D eigenvalue weighted by atomic mass is 9.97. The van der Waals surface area contributed by atoms with Crippen LogP contribution in [0.15, 0.2) is 24.3 Å². The smallest absolute Gasteiger partial charge is 0.335 e. The van der Waals surface area contributed by atoms with Gasteiger partial charge in [0.15, 0.2) is 0 Å². The van der Waals surface area contributed by atoms with Crippen LogP contribution < -0.4 is 0 Å². The maximum atomic E-state index is 12.4. The van der Waals surface area contributed by atoms with E-state index in [9.17, 15) is 14.7 Å². The second kappa shape index (κ2) is 8.67. The van der Waals surface area contributed by atoms with Crippen LogP contribution >= 0.6 is 0 Å². The molecule has 1 fully saturated rings. The minimum absolute atomic E-state index is 0.103. The van der Waals surface area contributed by atoms with Gasteiger partial charge < -0.3 is 14.7 Å². The lowest BCUT2D eigenvalue weighted by Gasteiger charge is -2.32. The van der Waals surface area contributed by atoms with Gasteiger partial charge in [0.2, 0.25) is 5.91 Å². The van der Waals surface area contributed by atoms with Gasteiger partial charge in [-0.15, -0.1) is 0 Å². The molecule has 0 saturated carbocycles. The van der Waals surface area contributed by atoms with E-state index in [1.807, 2.05) is 17.9 Å². The molecule has 0 spiro atoms. The Morgan fingerprint density at radius 3 is 2.87 bits per heavy atom. The summed E-state index contributed by atoms with van der Waals surface area (Å²) >= 11 is 0. The van der Waals surface area contributed by atoms with E-state index in [-0.39, 0.29) is 11.5 Å². The molecule has 23 heavy (non-hydrogen) atoms. The minimum atomic E-state index is -0.942. The molecule has 1 aliphatic heterocycles. The number of ether oxygens (including phenoxy) is 1. The molecule has 1 unspecified atom stereocenters. The molecule has 1 amide bonds. The topological polar surface area (TPSA) is 66.8 Å². The van der Waals surface area contributed by atoms with Crippen LogP contribution in [0.1, 0.15) is 42.1 Å². The molecule has 1 aromatic carbocycles. The second-order valence-electron chi connectivity index (χ2n) is 5.97. The third-order valence-corrected chi connectivity index (χ3v) is 4.29. The van der Waals surface area contributed by atoms with E-state index >= 15 is 0 Å². The molecule has 1 N–H and O–H groups in total. The fourth-order valence-corrected chi connectivity index (χ4v) is 3.06. The zero-order valence-corrected chi connectivity index (χ0v) is 13.7. The zero-order chi connectivity index (χ0) is 16.7. The molecule has 1 saturated heterocycles. The van der Waals surface area contributed by atoms with E-state index < -0.39 is 5.97 Å². The van der Waals surface area contributed by atoms with Crippen molar-refractivity contribution in [3.05, 3.63) is 35.4 Å². The van der Waals surface area contributed by atoms with Gasteiger partial charge in [-0.2, -0.15) is 0 Å². The normalized spacial score (nSPS) is 18.0. The summed E-state index contributed by atoms with van der Waals surface area (Å²) in [4.78, 5) is 25.5. The molecule has 1 aromatic rings. The van der Waals surface area contributed by atoms with E-state index in [2.05, 4.69) is 0 Å². The first-order chi connectivity index (χ1) is 11.1. The molecule has 2 rings (SSSR count). The van der Waals surface area contributed by atoms with Crippen molar-refractivity contribution in [1.29, 1.82) is 0 Å². The van der Waals surface area contributed by atoms with E-state index in [1.165, 1.54) is 0 Å². The predicted octanol–water partition coefficient (Wildman–Crippen LogP) is 2.59. The third kappa shape index (κ3) is 5.06. The van der Waals surface area contributed by atoms with Gasteiger partial charge in [-0.1, -0.05) is 18.2 Å². The average Bonchev–Trinajstić information content (AvgIpc) is 2.58. The molecule has 1 atom stereocenters. The molecule has 0 aliphatic carbocycles. The van der Waals surface area contributed by atoms with Crippen LogP contribution in [0.4, 0.5) is 0 Å². The van der Waals surface area contributed by atoms with E-state index in [4.69, 9.17) is 4.74 Å². The maximum absolute atomic E-state index is 12.4. The summed E-state index contributed by atoms with van der Waals surface area (Å²) in [6, 6.07) is 6.88. The van der Waals surface area contributed by atoms with Crippen LogP contribution in [0.25, 0.3) is 0 Å². The quantitative estimate of drug-likeness (QED) is 0.839. The highest BCUT2D eigenvalue weighted by atomic mass is 16.5. The minimum Gasteiger partial charge on any atom is -0.478 e. The van der Waals surface area contributed by atoms with Crippen molar-refractivity contribution in [2.24, 2.45) is 5.92 Å². The number of carboxylic acids is 1. The Morgan fingerprint density at radius 2 is 2.13 bits per heavy atom. The third-order valence-electron chi connectivity index (χ3n) is 4.29. The lowest BCUT2D eigenvalue weighted by Crippen LogP contribution is -2.41. The number of hydrogen-bond acceptors (Lipinski definition) is 3. The van der Waals surface area contributed by atoms with E-state index in [0.29, 0.717) is 32.0 Å². The Bertz CT molecular complexity index is 544. The van der Waals surface area contributed by atoms with Crippen molar-refractivity contribution in [2.45, 2.75) is 32.6 Å². The van der Waals surface area contributed by atoms with Gasteiger partial charge in [0.05, 0.1) is 12.2 Å². The Morgan fingerprint density at radius 1 is 1.35 bits per heavy atom. The van der Waals surface area contributed by atoms with Gasteiger partial charge in [0.1, 0.15) is 0 Å². The summed E-state index contributed by atoms with van der Waals surface area (Å²) in [5.74, 6) is -0.423. The Kier molecular flexibility index (Phi) is 6.59. The van der Waals surface area contributed by atoms with Crippen molar-refractivity contribution in [1.82, 2.24) is 4.90 Å². The van der Waals surface area contributed by atoms with Gasteiger partial charge in [-0.05, 0) is 43.7 Å². The number of amides is 1. The monoisotopic (exact) mass is 319 g/mol.